The Kier molecular flexibility index (Phi) is 7.38. The van der Waals surface area contributed by atoms with Gasteiger partial charge in [0.1, 0.15) is 0 Å². The normalized spacial score (nSPS) is 13.2. The van der Waals surface area contributed by atoms with Gasteiger partial charge in [0.25, 0.3) is 0 Å². The molecule has 2 aromatic heterocycles. The Labute approximate surface area is 340 Å². The molecule has 0 amide bonds. The maximum Gasteiger partial charge on any atom is 0.160 e. The zero-order chi connectivity index (χ0) is 38.2. The quantitative estimate of drug-likeness (QED) is 0.179. The highest BCUT2D eigenvalue weighted by molar-refractivity contribution is 7.99. The number of hydrogen-bond donors (Lipinski definition) is 0. The highest BCUT2D eigenvalue weighted by Crippen LogP contribution is 2.63. The molecule has 8 aromatic carbocycles. The van der Waals surface area contributed by atoms with Gasteiger partial charge in [-0.05, 0) is 85.4 Å². The molecule has 58 heavy (non-hydrogen) atoms. The number of rotatable bonds is 4. The maximum absolute atomic E-state index is 5.33. The molecule has 0 fully saturated rings. The minimum atomic E-state index is -0.569. The molecular formula is C54H33N3S. The minimum absolute atomic E-state index is 0.569. The van der Waals surface area contributed by atoms with Gasteiger partial charge in [0.05, 0.1) is 16.8 Å². The molecule has 0 saturated carbocycles. The predicted molar refractivity (Wildman–Crippen MR) is 238 cm³/mol. The van der Waals surface area contributed by atoms with Gasteiger partial charge in [0, 0.05) is 49.8 Å². The summed E-state index contributed by atoms with van der Waals surface area (Å²) in [5.74, 6) is 0.707. The number of hydrogen-bond acceptors (Lipinski definition) is 4. The first-order valence-corrected chi connectivity index (χ1v) is 20.5. The van der Waals surface area contributed by atoms with E-state index in [9.17, 15) is 0 Å². The van der Waals surface area contributed by atoms with Crippen LogP contribution in [0.25, 0.3) is 77.7 Å². The Morgan fingerprint density at radius 1 is 0.362 bits per heavy atom. The lowest BCUT2D eigenvalue weighted by atomic mass is 9.66. The van der Waals surface area contributed by atoms with Crippen LogP contribution in [0.5, 0.6) is 0 Å². The van der Waals surface area contributed by atoms with E-state index >= 15 is 0 Å². The van der Waals surface area contributed by atoms with Gasteiger partial charge in [-0.15, -0.1) is 0 Å². The second-order valence-corrected chi connectivity index (χ2v) is 16.2. The fraction of sp³-hybridized carbons (Fsp3) is 0.0185. The van der Waals surface area contributed by atoms with Crippen LogP contribution in [0.3, 0.4) is 0 Å². The summed E-state index contributed by atoms with van der Waals surface area (Å²) in [6.45, 7) is 0. The SMILES string of the molecule is c1ccc(-c2nc(-c3ccc4c(c3)C3(c5cc(-c6cncc7ccccc67)ccc5S4)c4ccccc4-c4ccccc43)cc(-c3cccc4ccccc34)n2)cc1. The van der Waals surface area contributed by atoms with E-state index in [0.29, 0.717) is 5.82 Å². The first-order chi connectivity index (χ1) is 28.7. The van der Waals surface area contributed by atoms with E-state index < -0.39 is 5.41 Å². The zero-order valence-corrected chi connectivity index (χ0v) is 32.1. The summed E-state index contributed by atoms with van der Waals surface area (Å²) in [5.41, 5.74) is 14.3. The molecule has 4 heteroatoms. The number of nitrogens with zero attached hydrogens (tertiary/aromatic N) is 3. The first-order valence-electron chi connectivity index (χ1n) is 19.7. The molecule has 0 bridgehead atoms. The van der Waals surface area contributed by atoms with Gasteiger partial charge in [-0.25, -0.2) is 9.97 Å². The lowest BCUT2D eigenvalue weighted by Gasteiger charge is -2.40. The Morgan fingerprint density at radius 2 is 0.931 bits per heavy atom. The van der Waals surface area contributed by atoms with Gasteiger partial charge in [0.15, 0.2) is 5.82 Å². The third-order valence-corrected chi connectivity index (χ3v) is 13.2. The summed E-state index contributed by atoms with van der Waals surface area (Å²) in [5, 5.41) is 4.69. The number of fused-ring (bicyclic) bond motifs is 11. The Balaban J connectivity index is 1.13. The van der Waals surface area contributed by atoms with Gasteiger partial charge in [-0.2, -0.15) is 0 Å². The third-order valence-electron chi connectivity index (χ3n) is 12.0. The van der Waals surface area contributed by atoms with Crippen LogP contribution in [0.1, 0.15) is 22.3 Å². The van der Waals surface area contributed by atoms with Crippen molar-refractivity contribution in [1.29, 1.82) is 0 Å². The maximum atomic E-state index is 5.33. The van der Waals surface area contributed by atoms with Gasteiger partial charge < -0.3 is 0 Å². The first kappa shape index (κ1) is 33.0. The van der Waals surface area contributed by atoms with Crippen molar-refractivity contribution in [3.05, 3.63) is 223 Å². The molecule has 0 unspecified atom stereocenters. The van der Waals surface area contributed by atoms with Crippen LogP contribution in [0.4, 0.5) is 0 Å². The minimum Gasteiger partial charge on any atom is -0.263 e. The third kappa shape index (κ3) is 4.92. The molecule has 1 aliphatic carbocycles. The highest BCUT2D eigenvalue weighted by Gasteiger charge is 2.50. The average Bonchev–Trinajstić information content (AvgIpc) is 3.59. The van der Waals surface area contributed by atoms with Crippen molar-refractivity contribution in [2.45, 2.75) is 15.2 Å². The van der Waals surface area contributed by atoms with Crippen molar-refractivity contribution >= 4 is 33.3 Å². The molecule has 10 aromatic rings. The lowest BCUT2D eigenvalue weighted by Crippen LogP contribution is -2.32. The van der Waals surface area contributed by atoms with E-state index in [2.05, 4.69) is 182 Å². The number of aromatic nitrogens is 3. The van der Waals surface area contributed by atoms with Crippen LogP contribution >= 0.6 is 11.8 Å². The van der Waals surface area contributed by atoms with Crippen LogP contribution in [-0.4, -0.2) is 15.0 Å². The van der Waals surface area contributed by atoms with Gasteiger partial charge in [-0.3, -0.25) is 4.98 Å². The van der Waals surface area contributed by atoms with Crippen molar-refractivity contribution in [1.82, 2.24) is 15.0 Å². The predicted octanol–water partition coefficient (Wildman–Crippen LogP) is 13.7. The topological polar surface area (TPSA) is 38.7 Å². The largest absolute Gasteiger partial charge is 0.263 e. The molecule has 0 atom stereocenters. The lowest BCUT2D eigenvalue weighted by molar-refractivity contribution is 0.723. The van der Waals surface area contributed by atoms with Crippen LogP contribution in [0.15, 0.2) is 210 Å². The van der Waals surface area contributed by atoms with Crippen molar-refractivity contribution in [2.75, 3.05) is 0 Å². The van der Waals surface area contributed by atoms with Crippen LogP contribution < -0.4 is 0 Å². The van der Waals surface area contributed by atoms with E-state index in [0.717, 1.165) is 44.6 Å². The molecular weight excluding hydrogens is 723 g/mol. The van der Waals surface area contributed by atoms with Crippen molar-refractivity contribution in [3.8, 4) is 56.2 Å². The molecule has 0 N–H and O–H groups in total. The van der Waals surface area contributed by atoms with Crippen molar-refractivity contribution in [2.24, 2.45) is 0 Å². The Bertz CT molecular complexity index is 3220. The molecule has 270 valence electrons. The van der Waals surface area contributed by atoms with Crippen molar-refractivity contribution < 1.29 is 0 Å². The molecule has 12 rings (SSSR count). The van der Waals surface area contributed by atoms with E-state index in [1.165, 1.54) is 59.3 Å². The molecule has 1 aliphatic heterocycles. The second kappa shape index (κ2) is 13.0. The van der Waals surface area contributed by atoms with E-state index in [1.807, 2.05) is 30.2 Å². The van der Waals surface area contributed by atoms with Gasteiger partial charge in [0.2, 0.25) is 0 Å². The summed E-state index contributed by atoms with van der Waals surface area (Å²) in [7, 11) is 0. The van der Waals surface area contributed by atoms with E-state index in [4.69, 9.17) is 15.0 Å². The van der Waals surface area contributed by atoms with Gasteiger partial charge in [-0.1, -0.05) is 169 Å². The van der Waals surface area contributed by atoms with Crippen LogP contribution in [-0.2, 0) is 5.41 Å². The highest BCUT2D eigenvalue weighted by atomic mass is 32.2. The summed E-state index contributed by atoms with van der Waals surface area (Å²) in [4.78, 5) is 17.8. The summed E-state index contributed by atoms with van der Waals surface area (Å²) in [6, 6.07) is 68.1. The Morgan fingerprint density at radius 3 is 1.69 bits per heavy atom. The second-order valence-electron chi connectivity index (χ2n) is 15.1. The smallest absolute Gasteiger partial charge is 0.160 e. The molecule has 0 radical (unpaired) electrons. The fourth-order valence-corrected chi connectivity index (χ4v) is 10.6. The van der Waals surface area contributed by atoms with E-state index in [1.54, 1.807) is 0 Å². The molecule has 1 spiro atoms. The number of benzene rings is 8. The standard InChI is InChI=1S/C54H33N3S/c1-2-14-35(15-3-1)53-56-49(31-50(57-53)43-22-12-17-34-13-4-6-18-39(34)43)37-26-28-52-48(30-37)54(45-23-10-8-20-41(45)42-21-9-11-24-46(42)54)47-29-36(25-27-51(47)58-52)44-33-55-32-38-16-5-7-19-40(38)44/h1-33H. The van der Waals surface area contributed by atoms with Crippen LogP contribution in [0.2, 0.25) is 0 Å². The average molecular weight is 756 g/mol. The molecule has 2 aliphatic rings. The Hall–Kier alpha value is -7.14. The fourth-order valence-electron chi connectivity index (χ4n) is 9.47. The zero-order valence-electron chi connectivity index (χ0n) is 31.3. The number of pyridine rings is 1. The summed E-state index contributed by atoms with van der Waals surface area (Å²) >= 11 is 1.86. The van der Waals surface area contributed by atoms with Gasteiger partial charge >= 0.3 is 0 Å². The summed E-state index contributed by atoms with van der Waals surface area (Å²) < 4.78 is 0. The molecule has 0 saturated heterocycles. The van der Waals surface area contributed by atoms with Crippen LogP contribution in [0, 0.1) is 0 Å². The van der Waals surface area contributed by atoms with Crippen molar-refractivity contribution in [3.63, 3.8) is 0 Å². The molecule has 3 heterocycles. The molecule has 3 nitrogen and oxygen atoms in total. The van der Waals surface area contributed by atoms with E-state index in [-0.39, 0.29) is 0 Å². The summed E-state index contributed by atoms with van der Waals surface area (Å²) in [6.07, 6.45) is 3.97. The monoisotopic (exact) mass is 755 g/mol.